The van der Waals surface area contributed by atoms with Crippen LogP contribution in [0.15, 0.2) is 85.2 Å². The summed E-state index contributed by atoms with van der Waals surface area (Å²) in [7, 11) is 0. The Morgan fingerprint density at radius 2 is 1.67 bits per heavy atom. The van der Waals surface area contributed by atoms with Crippen molar-refractivity contribution in [1.82, 2.24) is 14.9 Å². The molecule has 166 valence electrons. The summed E-state index contributed by atoms with van der Waals surface area (Å²) < 4.78 is 0. The van der Waals surface area contributed by atoms with Crippen LogP contribution in [0.3, 0.4) is 0 Å². The Balaban J connectivity index is 1.28. The van der Waals surface area contributed by atoms with E-state index in [1.54, 1.807) is 11.1 Å². The molecule has 0 fully saturated rings. The first-order valence-electron chi connectivity index (χ1n) is 11.1. The number of carbonyl (C=O) groups is 1. The third kappa shape index (κ3) is 4.35. The maximum absolute atomic E-state index is 12.8. The van der Waals surface area contributed by atoms with E-state index in [0.717, 1.165) is 23.1 Å². The molecule has 0 saturated carbocycles. The van der Waals surface area contributed by atoms with Crippen LogP contribution in [0.4, 0.5) is 0 Å². The van der Waals surface area contributed by atoms with E-state index in [0.29, 0.717) is 24.7 Å². The molecule has 6 nitrogen and oxygen atoms in total. The summed E-state index contributed by atoms with van der Waals surface area (Å²) in [6, 6.07) is 18.1. The van der Waals surface area contributed by atoms with Gasteiger partial charge in [-0.05, 0) is 28.7 Å². The Morgan fingerprint density at radius 1 is 0.970 bits per heavy atom. The highest BCUT2D eigenvalue weighted by molar-refractivity contribution is 5.82. The number of aromatic nitrogens is 2. The van der Waals surface area contributed by atoms with Gasteiger partial charge in [0.25, 0.3) is 5.91 Å². The quantitative estimate of drug-likeness (QED) is 0.635. The molecular weight excluding hydrogens is 414 g/mol. The fourth-order valence-corrected chi connectivity index (χ4v) is 4.39. The molecule has 6 heteroatoms. The van der Waals surface area contributed by atoms with Crippen LogP contribution in [0.1, 0.15) is 46.5 Å². The predicted molar refractivity (Wildman–Crippen MR) is 125 cm³/mol. The summed E-state index contributed by atoms with van der Waals surface area (Å²) >= 11 is 0. The van der Waals surface area contributed by atoms with Crippen molar-refractivity contribution in [3.8, 4) is 0 Å². The van der Waals surface area contributed by atoms with Crippen LogP contribution in [-0.4, -0.2) is 37.1 Å². The molecule has 2 N–H and O–H groups in total. The average Bonchev–Trinajstić information content (AvgIpc) is 3.32. The minimum Gasteiger partial charge on any atom is -0.383 e. The molecule has 3 atom stereocenters. The van der Waals surface area contributed by atoms with Crippen molar-refractivity contribution in [3.63, 3.8) is 0 Å². The monoisotopic (exact) mass is 439 g/mol. The summed E-state index contributed by atoms with van der Waals surface area (Å²) in [4.78, 5) is 23.1. The SMILES string of the molecule is O=C([C@H](O)[C@@H](O)c1cncc(C2=CCC(c3ccccc3)C=C2)n1)N1Cc2ccccc2C1. The maximum Gasteiger partial charge on any atom is 0.255 e. The Hall–Kier alpha value is -3.61. The molecule has 2 aromatic carbocycles. The van der Waals surface area contributed by atoms with Crippen molar-refractivity contribution in [2.24, 2.45) is 0 Å². The maximum atomic E-state index is 12.8. The van der Waals surface area contributed by atoms with Gasteiger partial charge in [0.1, 0.15) is 6.10 Å². The van der Waals surface area contributed by atoms with Crippen LogP contribution in [0.2, 0.25) is 0 Å². The zero-order valence-corrected chi connectivity index (χ0v) is 18.1. The molecule has 0 saturated heterocycles. The first-order valence-corrected chi connectivity index (χ1v) is 11.1. The minimum absolute atomic E-state index is 0.171. The summed E-state index contributed by atoms with van der Waals surface area (Å²) in [6.45, 7) is 0.843. The number of nitrogens with zero attached hydrogens (tertiary/aromatic N) is 3. The zero-order chi connectivity index (χ0) is 22.8. The first-order chi connectivity index (χ1) is 16.1. The number of rotatable bonds is 5. The van der Waals surface area contributed by atoms with Gasteiger partial charge in [0.05, 0.1) is 23.8 Å². The molecule has 0 bridgehead atoms. The highest BCUT2D eigenvalue weighted by Crippen LogP contribution is 2.30. The highest BCUT2D eigenvalue weighted by Gasteiger charge is 2.33. The number of amides is 1. The second-order valence-corrected chi connectivity index (χ2v) is 8.45. The lowest BCUT2D eigenvalue weighted by molar-refractivity contribution is -0.147. The Kier molecular flexibility index (Phi) is 5.86. The standard InChI is InChI=1S/C27H25N3O3/c31-25(26(32)27(33)30-16-21-8-4-5-9-22(21)17-30)24-15-28-14-23(29-24)20-12-10-19(11-13-20)18-6-2-1-3-7-18/h1-10,12-15,19,25-26,31-32H,11,16-17H2/t19?,25-,26+/m0/s1. The molecule has 1 amide bonds. The summed E-state index contributed by atoms with van der Waals surface area (Å²) in [5, 5.41) is 21.3. The number of benzene rings is 2. The van der Waals surface area contributed by atoms with E-state index in [-0.39, 0.29) is 5.69 Å². The smallest absolute Gasteiger partial charge is 0.255 e. The number of aliphatic hydroxyl groups excluding tert-OH is 2. The van der Waals surface area contributed by atoms with Crippen LogP contribution >= 0.6 is 0 Å². The second kappa shape index (κ2) is 9.10. The number of fused-ring (bicyclic) bond motifs is 1. The van der Waals surface area contributed by atoms with Gasteiger partial charge in [0.15, 0.2) is 6.10 Å². The largest absolute Gasteiger partial charge is 0.383 e. The Bertz CT molecular complexity index is 1200. The lowest BCUT2D eigenvalue weighted by atomic mass is 9.89. The molecule has 2 heterocycles. The van der Waals surface area contributed by atoms with E-state index >= 15 is 0 Å². The van der Waals surface area contributed by atoms with Gasteiger partial charge in [-0.2, -0.15) is 0 Å². The first kappa shape index (κ1) is 21.2. The number of allylic oxidation sites excluding steroid dienone is 4. The van der Waals surface area contributed by atoms with E-state index in [4.69, 9.17) is 0 Å². The van der Waals surface area contributed by atoms with Crippen LogP contribution < -0.4 is 0 Å². The average molecular weight is 440 g/mol. The summed E-state index contributed by atoms with van der Waals surface area (Å²) in [5.41, 5.74) is 5.04. The number of aliphatic hydroxyl groups is 2. The van der Waals surface area contributed by atoms with Crippen LogP contribution in [0.25, 0.3) is 5.57 Å². The fourth-order valence-electron chi connectivity index (χ4n) is 4.39. The van der Waals surface area contributed by atoms with Gasteiger partial charge in [0, 0.05) is 19.0 Å². The lowest BCUT2D eigenvalue weighted by Crippen LogP contribution is -2.39. The third-order valence-electron chi connectivity index (χ3n) is 6.28. The molecule has 2 aliphatic rings. The van der Waals surface area contributed by atoms with E-state index in [1.807, 2.05) is 48.5 Å². The molecule has 1 aliphatic carbocycles. The van der Waals surface area contributed by atoms with Gasteiger partial charge in [-0.25, -0.2) is 4.98 Å². The highest BCUT2D eigenvalue weighted by atomic mass is 16.3. The van der Waals surface area contributed by atoms with Gasteiger partial charge in [-0.1, -0.05) is 72.8 Å². The Labute approximate surface area is 192 Å². The molecule has 1 aliphatic heterocycles. The molecule has 1 aromatic heterocycles. The van der Waals surface area contributed by atoms with Gasteiger partial charge in [-0.3, -0.25) is 9.78 Å². The molecule has 1 unspecified atom stereocenters. The van der Waals surface area contributed by atoms with Crippen molar-refractivity contribution in [2.75, 3.05) is 0 Å². The molecule has 0 spiro atoms. The van der Waals surface area contributed by atoms with E-state index in [9.17, 15) is 15.0 Å². The van der Waals surface area contributed by atoms with Crippen LogP contribution in [0.5, 0.6) is 0 Å². The second-order valence-electron chi connectivity index (χ2n) is 8.45. The van der Waals surface area contributed by atoms with Crippen LogP contribution in [0, 0.1) is 0 Å². The van der Waals surface area contributed by atoms with Gasteiger partial charge >= 0.3 is 0 Å². The van der Waals surface area contributed by atoms with Gasteiger partial charge in [-0.15, -0.1) is 0 Å². The molecule has 5 rings (SSSR count). The van der Waals surface area contributed by atoms with Crippen molar-refractivity contribution in [2.45, 2.75) is 37.6 Å². The Morgan fingerprint density at radius 3 is 2.33 bits per heavy atom. The van der Waals surface area contributed by atoms with E-state index in [1.165, 1.54) is 11.8 Å². The summed E-state index contributed by atoms with van der Waals surface area (Å²) in [6.07, 6.45) is 7.02. The minimum atomic E-state index is -1.61. The zero-order valence-electron chi connectivity index (χ0n) is 18.1. The molecular formula is C27H25N3O3. The van der Waals surface area contributed by atoms with E-state index < -0.39 is 18.1 Å². The van der Waals surface area contributed by atoms with Gasteiger partial charge in [0.2, 0.25) is 0 Å². The number of hydrogen-bond acceptors (Lipinski definition) is 5. The topological polar surface area (TPSA) is 86.5 Å². The number of hydrogen-bond donors (Lipinski definition) is 2. The molecule has 3 aromatic rings. The van der Waals surface area contributed by atoms with Crippen molar-refractivity contribution in [1.29, 1.82) is 0 Å². The van der Waals surface area contributed by atoms with Crippen molar-refractivity contribution >= 4 is 11.5 Å². The molecule has 33 heavy (non-hydrogen) atoms. The van der Waals surface area contributed by atoms with Crippen molar-refractivity contribution in [3.05, 3.63) is 113 Å². The fraction of sp³-hybridized carbons (Fsp3) is 0.222. The van der Waals surface area contributed by atoms with Gasteiger partial charge < -0.3 is 15.1 Å². The van der Waals surface area contributed by atoms with E-state index in [2.05, 4.69) is 34.3 Å². The summed E-state index contributed by atoms with van der Waals surface area (Å²) in [5.74, 6) is -0.214. The number of carbonyl (C=O) groups excluding carboxylic acids is 1. The third-order valence-corrected chi connectivity index (χ3v) is 6.28. The van der Waals surface area contributed by atoms with Crippen molar-refractivity contribution < 1.29 is 15.0 Å². The normalized spacial score (nSPS) is 19.0. The molecule has 0 radical (unpaired) electrons. The van der Waals surface area contributed by atoms with Crippen LogP contribution in [-0.2, 0) is 17.9 Å². The lowest BCUT2D eigenvalue weighted by Gasteiger charge is -2.23. The predicted octanol–water partition coefficient (Wildman–Crippen LogP) is 3.54.